The molecule has 0 aliphatic heterocycles. The number of rotatable bonds is 8. The minimum atomic E-state index is -4.31. The molecule has 1 aliphatic rings. The predicted octanol–water partition coefficient (Wildman–Crippen LogP) is 4.09. The summed E-state index contributed by atoms with van der Waals surface area (Å²) in [5.41, 5.74) is 0.162. The lowest BCUT2D eigenvalue weighted by Gasteiger charge is -2.14. The summed E-state index contributed by atoms with van der Waals surface area (Å²) in [6.07, 6.45) is -1.32. The minimum Gasteiger partial charge on any atom is -0.385 e. The Hall–Kier alpha value is -0.720. The quantitative estimate of drug-likeness (QED) is 0.576. The molecule has 0 saturated heterocycles. The molecule has 2 nitrogen and oxygen atoms in total. The lowest BCUT2D eigenvalue weighted by Crippen LogP contribution is -2.16. The number of ether oxygens (including phenoxy) is 1. The van der Waals surface area contributed by atoms with Gasteiger partial charge in [-0.25, -0.2) is 0 Å². The fourth-order valence-electron chi connectivity index (χ4n) is 1.97. The first kappa shape index (κ1) is 16.6. The van der Waals surface area contributed by atoms with Crippen LogP contribution >= 0.6 is 11.8 Å². The van der Waals surface area contributed by atoms with Crippen LogP contribution < -0.4 is 5.32 Å². The molecule has 0 aromatic heterocycles. The zero-order valence-electron chi connectivity index (χ0n) is 12.0. The Bertz CT molecular complexity index is 461. The van der Waals surface area contributed by atoms with Crippen molar-refractivity contribution < 1.29 is 17.9 Å². The number of thioether (sulfide) groups is 1. The largest absolute Gasteiger partial charge is 0.417 e. The SMILES string of the molecule is COCCCSc1ccc(CNC2CC2)cc1C(F)(F)F. The Morgan fingerprint density at radius 3 is 2.71 bits per heavy atom. The highest BCUT2D eigenvalue weighted by Gasteiger charge is 2.33. The molecule has 1 aromatic rings. The Kier molecular flexibility index (Phi) is 5.96. The summed E-state index contributed by atoms with van der Waals surface area (Å²) in [6, 6.07) is 5.13. The van der Waals surface area contributed by atoms with Crippen LogP contribution in [0.25, 0.3) is 0 Å². The first-order chi connectivity index (χ1) is 10.0. The maximum atomic E-state index is 13.2. The van der Waals surface area contributed by atoms with Crippen LogP contribution in [0.4, 0.5) is 13.2 Å². The molecule has 0 amide bonds. The molecule has 0 radical (unpaired) electrons. The molecule has 0 spiro atoms. The second kappa shape index (κ2) is 7.51. The highest BCUT2D eigenvalue weighted by atomic mass is 32.2. The van der Waals surface area contributed by atoms with Crippen molar-refractivity contribution in [1.82, 2.24) is 5.32 Å². The van der Waals surface area contributed by atoms with Gasteiger partial charge in [0.2, 0.25) is 0 Å². The average molecular weight is 319 g/mol. The predicted molar refractivity (Wildman–Crippen MR) is 78.5 cm³/mol. The van der Waals surface area contributed by atoms with Crippen molar-refractivity contribution in [2.24, 2.45) is 0 Å². The Labute approximate surface area is 127 Å². The summed E-state index contributed by atoms with van der Waals surface area (Å²) in [6.45, 7) is 1.07. The first-order valence-electron chi connectivity index (χ1n) is 7.06. The van der Waals surface area contributed by atoms with Gasteiger partial charge in [0, 0.05) is 37.0 Å². The van der Waals surface area contributed by atoms with E-state index in [1.165, 1.54) is 17.8 Å². The molecular weight excluding hydrogens is 299 g/mol. The number of alkyl halides is 3. The van der Waals surface area contributed by atoms with Crippen molar-refractivity contribution in [3.8, 4) is 0 Å². The van der Waals surface area contributed by atoms with Crippen LogP contribution in [0, 0.1) is 0 Å². The fraction of sp³-hybridized carbons (Fsp3) is 0.600. The van der Waals surface area contributed by atoms with Crippen LogP contribution in [-0.2, 0) is 17.5 Å². The van der Waals surface area contributed by atoms with E-state index in [0.717, 1.165) is 19.3 Å². The van der Waals surface area contributed by atoms with Gasteiger partial charge in [-0.15, -0.1) is 11.8 Å². The Balaban J connectivity index is 2.03. The van der Waals surface area contributed by atoms with E-state index in [2.05, 4.69) is 5.32 Å². The third-order valence-electron chi connectivity index (χ3n) is 3.27. The molecule has 6 heteroatoms. The summed E-state index contributed by atoms with van der Waals surface area (Å²) >= 11 is 1.24. The van der Waals surface area contributed by atoms with E-state index in [0.29, 0.717) is 35.4 Å². The molecule has 118 valence electrons. The summed E-state index contributed by atoms with van der Waals surface area (Å²) in [7, 11) is 1.59. The Morgan fingerprint density at radius 2 is 2.10 bits per heavy atom. The third-order valence-corrected chi connectivity index (χ3v) is 4.43. The van der Waals surface area contributed by atoms with Gasteiger partial charge in [0.1, 0.15) is 0 Å². The van der Waals surface area contributed by atoms with Crippen LogP contribution in [0.1, 0.15) is 30.4 Å². The molecule has 0 unspecified atom stereocenters. The van der Waals surface area contributed by atoms with Gasteiger partial charge in [-0.1, -0.05) is 6.07 Å². The lowest BCUT2D eigenvalue weighted by molar-refractivity contribution is -0.139. The fourth-order valence-corrected chi connectivity index (χ4v) is 2.95. The first-order valence-corrected chi connectivity index (χ1v) is 8.04. The average Bonchev–Trinajstić information content (AvgIpc) is 3.25. The summed E-state index contributed by atoms with van der Waals surface area (Å²) in [4.78, 5) is 0.300. The topological polar surface area (TPSA) is 21.3 Å². The number of nitrogens with one attached hydrogen (secondary N) is 1. The Morgan fingerprint density at radius 1 is 1.33 bits per heavy atom. The number of benzene rings is 1. The molecule has 0 atom stereocenters. The van der Waals surface area contributed by atoms with Gasteiger partial charge in [0.15, 0.2) is 0 Å². The van der Waals surface area contributed by atoms with Gasteiger partial charge < -0.3 is 10.1 Å². The lowest BCUT2D eigenvalue weighted by atomic mass is 10.1. The monoisotopic (exact) mass is 319 g/mol. The van der Waals surface area contributed by atoms with Gasteiger partial charge >= 0.3 is 6.18 Å². The summed E-state index contributed by atoms with van der Waals surface area (Å²) in [5, 5.41) is 3.24. The van der Waals surface area contributed by atoms with Crippen molar-refractivity contribution in [3.63, 3.8) is 0 Å². The molecule has 0 bridgehead atoms. The second-order valence-electron chi connectivity index (χ2n) is 5.18. The molecule has 1 saturated carbocycles. The minimum absolute atomic E-state index is 0.300. The smallest absolute Gasteiger partial charge is 0.385 e. The molecule has 2 rings (SSSR count). The van der Waals surface area contributed by atoms with Gasteiger partial charge in [-0.2, -0.15) is 13.2 Å². The van der Waals surface area contributed by atoms with E-state index in [4.69, 9.17) is 4.74 Å². The van der Waals surface area contributed by atoms with Crippen LogP contribution in [0.2, 0.25) is 0 Å². The van der Waals surface area contributed by atoms with Crippen molar-refractivity contribution >= 4 is 11.8 Å². The molecule has 1 N–H and O–H groups in total. The highest BCUT2D eigenvalue weighted by molar-refractivity contribution is 7.99. The summed E-state index contributed by atoms with van der Waals surface area (Å²) < 4.78 is 44.4. The molecule has 21 heavy (non-hydrogen) atoms. The van der Waals surface area contributed by atoms with E-state index in [-0.39, 0.29) is 0 Å². The van der Waals surface area contributed by atoms with E-state index >= 15 is 0 Å². The third kappa shape index (κ3) is 5.52. The molecular formula is C15H20F3NOS. The standard InChI is InChI=1S/C15H20F3NOS/c1-20-7-2-8-21-14-6-3-11(10-19-12-4-5-12)9-13(14)15(16,17)18/h3,6,9,12,19H,2,4-5,7-8,10H2,1H3. The molecule has 1 aliphatic carbocycles. The van der Waals surface area contributed by atoms with E-state index in [9.17, 15) is 13.2 Å². The number of hydrogen-bond donors (Lipinski definition) is 1. The van der Waals surface area contributed by atoms with Crippen molar-refractivity contribution in [2.75, 3.05) is 19.5 Å². The maximum Gasteiger partial charge on any atom is 0.417 e. The van der Waals surface area contributed by atoms with E-state index in [1.807, 2.05) is 0 Å². The molecule has 0 heterocycles. The number of hydrogen-bond acceptors (Lipinski definition) is 3. The second-order valence-corrected chi connectivity index (χ2v) is 6.32. The van der Waals surface area contributed by atoms with Gasteiger partial charge in [0.05, 0.1) is 5.56 Å². The zero-order chi connectivity index (χ0) is 15.3. The van der Waals surface area contributed by atoms with Crippen LogP contribution in [0.5, 0.6) is 0 Å². The van der Waals surface area contributed by atoms with Crippen molar-refractivity contribution in [3.05, 3.63) is 29.3 Å². The van der Waals surface area contributed by atoms with Crippen LogP contribution in [0.15, 0.2) is 23.1 Å². The summed E-state index contributed by atoms with van der Waals surface area (Å²) in [5.74, 6) is 0.622. The zero-order valence-corrected chi connectivity index (χ0v) is 12.8. The molecule has 1 fully saturated rings. The number of halogens is 3. The number of methoxy groups -OCH3 is 1. The van der Waals surface area contributed by atoms with Gasteiger partial charge in [-0.3, -0.25) is 0 Å². The van der Waals surface area contributed by atoms with Crippen LogP contribution in [0.3, 0.4) is 0 Å². The van der Waals surface area contributed by atoms with Crippen molar-refractivity contribution in [2.45, 2.75) is 42.9 Å². The van der Waals surface area contributed by atoms with Gasteiger partial charge in [-0.05, 0) is 37.0 Å². The van der Waals surface area contributed by atoms with Crippen molar-refractivity contribution in [1.29, 1.82) is 0 Å². The van der Waals surface area contributed by atoms with E-state index in [1.54, 1.807) is 19.2 Å². The molecule has 1 aromatic carbocycles. The van der Waals surface area contributed by atoms with E-state index < -0.39 is 11.7 Å². The highest BCUT2D eigenvalue weighted by Crippen LogP contribution is 2.37. The normalized spacial score (nSPS) is 15.4. The van der Waals surface area contributed by atoms with Gasteiger partial charge in [0.25, 0.3) is 0 Å². The maximum absolute atomic E-state index is 13.2. The van der Waals surface area contributed by atoms with Crippen LogP contribution in [-0.4, -0.2) is 25.5 Å².